The second kappa shape index (κ2) is 6.07. The van der Waals surface area contributed by atoms with Gasteiger partial charge in [0.05, 0.1) is 11.7 Å². The molecule has 1 saturated heterocycles. The molecule has 0 spiro atoms. The molecule has 0 aromatic heterocycles. The lowest BCUT2D eigenvalue weighted by Gasteiger charge is -2.21. The Morgan fingerprint density at radius 1 is 1.53 bits per heavy atom. The van der Waals surface area contributed by atoms with Gasteiger partial charge >= 0.3 is 0 Å². The van der Waals surface area contributed by atoms with Crippen molar-refractivity contribution >= 4 is 11.6 Å². The van der Waals surface area contributed by atoms with E-state index in [0.717, 1.165) is 25.3 Å². The maximum Gasteiger partial charge on any atom is 0.0707 e. The van der Waals surface area contributed by atoms with E-state index in [-0.39, 0.29) is 5.60 Å². The van der Waals surface area contributed by atoms with Gasteiger partial charge in [0.15, 0.2) is 0 Å². The van der Waals surface area contributed by atoms with E-state index in [2.05, 4.69) is 26.1 Å². The summed E-state index contributed by atoms with van der Waals surface area (Å²) in [5, 5.41) is 3.51. The summed E-state index contributed by atoms with van der Waals surface area (Å²) >= 11 is 5.66. The number of hydrogen-bond donors (Lipinski definition) is 1. The smallest absolute Gasteiger partial charge is 0.0707 e. The first kappa shape index (κ1) is 13.3. The van der Waals surface area contributed by atoms with Crippen LogP contribution in [0.25, 0.3) is 0 Å². The van der Waals surface area contributed by atoms with Crippen molar-refractivity contribution in [3.8, 4) is 0 Å². The Hall–Kier alpha value is 0.210. The van der Waals surface area contributed by atoms with Crippen LogP contribution in [0, 0.1) is 0 Å². The molecule has 1 heterocycles. The first-order valence-corrected chi connectivity index (χ1v) is 6.54. The van der Waals surface area contributed by atoms with Crippen LogP contribution in [0.3, 0.4) is 0 Å². The highest BCUT2D eigenvalue weighted by Gasteiger charge is 2.31. The van der Waals surface area contributed by atoms with Gasteiger partial charge in [0.2, 0.25) is 0 Å². The fourth-order valence-corrected chi connectivity index (χ4v) is 2.19. The van der Waals surface area contributed by atoms with Gasteiger partial charge in [-0.25, -0.2) is 0 Å². The topological polar surface area (TPSA) is 21.3 Å². The first-order chi connectivity index (χ1) is 7.03. The Labute approximate surface area is 98.7 Å². The lowest BCUT2D eigenvalue weighted by atomic mass is 10.1. The van der Waals surface area contributed by atoms with Crippen LogP contribution in [0.1, 0.15) is 46.5 Å². The van der Waals surface area contributed by atoms with E-state index in [0.29, 0.717) is 12.1 Å². The minimum absolute atomic E-state index is 0.0890. The van der Waals surface area contributed by atoms with E-state index in [9.17, 15) is 0 Å². The quantitative estimate of drug-likeness (QED) is 0.713. The third-order valence-electron chi connectivity index (χ3n) is 3.02. The highest BCUT2D eigenvalue weighted by Crippen LogP contribution is 2.28. The summed E-state index contributed by atoms with van der Waals surface area (Å²) in [7, 11) is 0. The van der Waals surface area contributed by atoms with Crippen molar-refractivity contribution in [3.05, 3.63) is 0 Å². The highest BCUT2D eigenvalue weighted by atomic mass is 35.5. The van der Waals surface area contributed by atoms with Crippen LogP contribution in [0.4, 0.5) is 0 Å². The van der Waals surface area contributed by atoms with Crippen molar-refractivity contribution in [2.45, 2.75) is 64.2 Å². The number of ether oxygens (including phenoxy) is 1. The van der Waals surface area contributed by atoms with Crippen molar-refractivity contribution in [2.24, 2.45) is 0 Å². The molecule has 2 nitrogen and oxygen atoms in total. The summed E-state index contributed by atoms with van der Waals surface area (Å²) in [6.07, 6.45) is 5.00. The van der Waals surface area contributed by atoms with Gasteiger partial charge in [-0.05, 0) is 46.5 Å². The average molecular weight is 234 g/mol. The number of nitrogens with one attached hydrogen (secondary N) is 1. The Morgan fingerprint density at radius 3 is 2.80 bits per heavy atom. The molecule has 0 radical (unpaired) electrons. The SMILES string of the molecule is CC(CCCCl)NCC1CCC(C)(C)O1. The molecular formula is C12H24ClNO. The summed E-state index contributed by atoms with van der Waals surface area (Å²) in [4.78, 5) is 0. The van der Waals surface area contributed by atoms with Gasteiger partial charge in [-0.3, -0.25) is 0 Å². The van der Waals surface area contributed by atoms with Crippen molar-refractivity contribution in [1.82, 2.24) is 5.32 Å². The van der Waals surface area contributed by atoms with E-state index >= 15 is 0 Å². The van der Waals surface area contributed by atoms with Crippen LogP contribution >= 0.6 is 11.6 Å². The maximum absolute atomic E-state index is 5.92. The Balaban J connectivity index is 2.10. The molecule has 0 aliphatic carbocycles. The summed E-state index contributed by atoms with van der Waals surface area (Å²) < 4.78 is 5.92. The number of rotatable bonds is 6. The van der Waals surface area contributed by atoms with Crippen LogP contribution < -0.4 is 5.32 Å². The summed E-state index contributed by atoms with van der Waals surface area (Å²) in [6, 6.07) is 0.552. The highest BCUT2D eigenvalue weighted by molar-refractivity contribution is 6.17. The second-order valence-electron chi connectivity index (χ2n) is 5.18. The summed E-state index contributed by atoms with van der Waals surface area (Å²) in [5.41, 5.74) is 0.0890. The van der Waals surface area contributed by atoms with Crippen molar-refractivity contribution in [1.29, 1.82) is 0 Å². The van der Waals surface area contributed by atoms with E-state index in [1.54, 1.807) is 0 Å². The Kier molecular flexibility index (Phi) is 5.37. The molecule has 1 rings (SSSR count). The van der Waals surface area contributed by atoms with Gasteiger partial charge in [0, 0.05) is 18.5 Å². The van der Waals surface area contributed by atoms with Crippen molar-refractivity contribution in [3.63, 3.8) is 0 Å². The zero-order valence-electron chi connectivity index (χ0n) is 10.2. The minimum atomic E-state index is 0.0890. The lowest BCUT2D eigenvalue weighted by molar-refractivity contribution is -0.0150. The van der Waals surface area contributed by atoms with Crippen molar-refractivity contribution in [2.75, 3.05) is 12.4 Å². The van der Waals surface area contributed by atoms with Gasteiger partial charge in [-0.2, -0.15) is 0 Å². The summed E-state index contributed by atoms with van der Waals surface area (Å²) in [6.45, 7) is 7.54. The molecule has 2 unspecified atom stereocenters. The molecule has 1 aliphatic heterocycles. The van der Waals surface area contributed by atoms with Crippen LogP contribution in [0.2, 0.25) is 0 Å². The van der Waals surface area contributed by atoms with E-state index in [4.69, 9.17) is 16.3 Å². The molecule has 90 valence electrons. The Bertz CT molecular complexity index is 184. The van der Waals surface area contributed by atoms with E-state index < -0.39 is 0 Å². The predicted octanol–water partition coefficient (Wildman–Crippen LogP) is 2.94. The maximum atomic E-state index is 5.92. The molecule has 0 bridgehead atoms. The molecule has 1 aliphatic rings. The third kappa shape index (κ3) is 5.19. The standard InChI is InChI=1S/C12H24ClNO/c1-10(5-4-8-13)14-9-11-6-7-12(2,3)15-11/h10-11,14H,4-9H2,1-3H3. The Morgan fingerprint density at radius 2 is 2.27 bits per heavy atom. The number of hydrogen-bond acceptors (Lipinski definition) is 2. The molecule has 0 aromatic rings. The summed E-state index contributed by atoms with van der Waals surface area (Å²) in [5.74, 6) is 0.763. The van der Waals surface area contributed by atoms with Gasteiger partial charge in [-0.15, -0.1) is 11.6 Å². The molecule has 15 heavy (non-hydrogen) atoms. The van der Waals surface area contributed by atoms with Crippen LogP contribution in [-0.4, -0.2) is 30.2 Å². The monoisotopic (exact) mass is 233 g/mol. The lowest BCUT2D eigenvalue weighted by Crippen LogP contribution is -2.34. The first-order valence-electron chi connectivity index (χ1n) is 6.00. The molecule has 0 amide bonds. The fourth-order valence-electron chi connectivity index (χ4n) is 2.04. The van der Waals surface area contributed by atoms with Crippen molar-refractivity contribution < 1.29 is 4.74 Å². The molecule has 1 N–H and O–H groups in total. The van der Waals surface area contributed by atoms with Gasteiger partial charge < -0.3 is 10.1 Å². The van der Waals surface area contributed by atoms with Gasteiger partial charge in [0.25, 0.3) is 0 Å². The molecule has 0 saturated carbocycles. The van der Waals surface area contributed by atoms with Gasteiger partial charge in [-0.1, -0.05) is 0 Å². The predicted molar refractivity (Wildman–Crippen MR) is 65.6 cm³/mol. The van der Waals surface area contributed by atoms with Crippen LogP contribution in [0.15, 0.2) is 0 Å². The van der Waals surface area contributed by atoms with Crippen LogP contribution in [-0.2, 0) is 4.74 Å². The van der Waals surface area contributed by atoms with Crippen LogP contribution in [0.5, 0.6) is 0 Å². The normalized spacial score (nSPS) is 26.8. The molecule has 2 atom stereocenters. The average Bonchev–Trinajstić information content (AvgIpc) is 2.52. The molecule has 0 aromatic carbocycles. The van der Waals surface area contributed by atoms with Gasteiger partial charge in [0.1, 0.15) is 0 Å². The second-order valence-corrected chi connectivity index (χ2v) is 5.56. The fraction of sp³-hybridized carbons (Fsp3) is 1.00. The zero-order valence-corrected chi connectivity index (χ0v) is 10.9. The minimum Gasteiger partial charge on any atom is -0.371 e. The molecule has 3 heteroatoms. The third-order valence-corrected chi connectivity index (χ3v) is 3.29. The van der Waals surface area contributed by atoms with E-state index in [1.165, 1.54) is 12.8 Å². The number of alkyl halides is 1. The zero-order chi connectivity index (χ0) is 11.3. The molecule has 1 fully saturated rings. The van der Waals surface area contributed by atoms with E-state index in [1.807, 2.05) is 0 Å². The largest absolute Gasteiger partial charge is 0.371 e. The molecular weight excluding hydrogens is 210 g/mol. The number of halogens is 1.